The van der Waals surface area contributed by atoms with Crippen LogP contribution in [0.2, 0.25) is 0 Å². The monoisotopic (exact) mass is 157 g/mol. The molecule has 10 heavy (non-hydrogen) atoms. The molecule has 4 heteroatoms. The Morgan fingerprint density at radius 1 is 1.60 bits per heavy atom. The van der Waals surface area contributed by atoms with Gasteiger partial charge in [-0.15, -0.1) is 11.3 Å². The number of thiazole rings is 1. The van der Waals surface area contributed by atoms with E-state index in [0.717, 1.165) is 9.88 Å². The van der Waals surface area contributed by atoms with Crippen LogP contribution in [0.5, 0.6) is 5.88 Å². The summed E-state index contributed by atoms with van der Waals surface area (Å²) in [5.41, 5.74) is 0. The number of carbonyl (C=O) groups is 1. The average Bonchev–Trinajstić information content (AvgIpc) is 2.13. The molecule has 1 rings (SSSR count). The van der Waals surface area contributed by atoms with Gasteiger partial charge >= 0.3 is 0 Å². The van der Waals surface area contributed by atoms with Crippen molar-refractivity contribution in [2.45, 2.75) is 13.8 Å². The van der Waals surface area contributed by atoms with Gasteiger partial charge in [0.15, 0.2) is 0 Å². The van der Waals surface area contributed by atoms with E-state index < -0.39 is 0 Å². The van der Waals surface area contributed by atoms with Gasteiger partial charge in [-0.1, -0.05) is 0 Å². The zero-order valence-corrected chi connectivity index (χ0v) is 6.57. The summed E-state index contributed by atoms with van der Waals surface area (Å²) in [4.78, 5) is 14.8. The van der Waals surface area contributed by atoms with Crippen molar-refractivity contribution in [3.05, 3.63) is 9.88 Å². The minimum Gasteiger partial charge on any atom is -0.408 e. The number of rotatable bonds is 2. The maximum Gasteiger partial charge on any atom is 0.299 e. The minimum absolute atomic E-state index is 0.390. The number of aryl methyl sites for hydroxylation is 2. The van der Waals surface area contributed by atoms with E-state index in [1.54, 1.807) is 0 Å². The average molecular weight is 157 g/mol. The second-order valence-electron chi connectivity index (χ2n) is 1.81. The lowest BCUT2D eigenvalue weighted by molar-refractivity contribution is -0.120. The van der Waals surface area contributed by atoms with Gasteiger partial charge in [-0.3, -0.25) is 4.79 Å². The van der Waals surface area contributed by atoms with Gasteiger partial charge in [-0.05, 0) is 13.8 Å². The molecule has 0 amide bonds. The van der Waals surface area contributed by atoms with Crippen LogP contribution in [-0.4, -0.2) is 11.5 Å². The van der Waals surface area contributed by atoms with Gasteiger partial charge in [0, 0.05) is 0 Å². The number of hydrogen-bond acceptors (Lipinski definition) is 4. The summed E-state index contributed by atoms with van der Waals surface area (Å²) in [6.07, 6.45) is 0. The van der Waals surface area contributed by atoms with Crippen LogP contribution in [0.4, 0.5) is 0 Å². The highest BCUT2D eigenvalue weighted by molar-refractivity contribution is 7.11. The van der Waals surface area contributed by atoms with E-state index in [0.29, 0.717) is 12.4 Å². The molecule has 1 aromatic rings. The Kier molecular flexibility index (Phi) is 2.01. The van der Waals surface area contributed by atoms with Gasteiger partial charge < -0.3 is 4.74 Å². The smallest absolute Gasteiger partial charge is 0.299 e. The third-order valence-corrected chi connectivity index (χ3v) is 1.89. The highest BCUT2D eigenvalue weighted by atomic mass is 32.1. The van der Waals surface area contributed by atoms with Crippen molar-refractivity contribution in [3.8, 4) is 5.88 Å². The predicted octanol–water partition coefficient (Wildman–Crippen LogP) is 1.30. The van der Waals surface area contributed by atoms with Crippen LogP contribution in [-0.2, 0) is 4.79 Å². The molecular formula is C6H7NO2S. The molecule has 0 N–H and O–H groups in total. The van der Waals surface area contributed by atoms with Crippen molar-refractivity contribution < 1.29 is 9.53 Å². The fourth-order valence-electron chi connectivity index (χ4n) is 0.665. The van der Waals surface area contributed by atoms with Gasteiger partial charge in [0.25, 0.3) is 6.47 Å². The predicted molar refractivity (Wildman–Crippen MR) is 38.3 cm³/mol. The second kappa shape index (κ2) is 2.79. The molecule has 1 aromatic heterocycles. The SMILES string of the molecule is Cc1nc(OC=O)c(C)s1. The van der Waals surface area contributed by atoms with E-state index in [1.165, 1.54) is 11.3 Å². The molecule has 0 fully saturated rings. The Bertz CT molecular complexity index is 244. The molecule has 1 heterocycles. The molecule has 0 radical (unpaired) electrons. The third kappa shape index (κ3) is 1.33. The molecule has 0 saturated carbocycles. The molecule has 3 nitrogen and oxygen atoms in total. The Hall–Kier alpha value is -0.900. The molecule has 0 aliphatic carbocycles. The lowest BCUT2D eigenvalue weighted by Crippen LogP contribution is -1.89. The molecule has 0 unspecified atom stereocenters. The molecule has 54 valence electrons. The zero-order valence-electron chi connectivity index (χ0n) is 5.75. The second-order valence-corrected chi connectivity index (χ2v) is 3.22. The van der Waals surface area contributed by atoms with E-state index in [1.807, 2.05) is 13.8 Å². The lowest BCUT2D eigenvalue weighted by Gasteiger charge is -1.88. The van der Waals surface area contributed by atoms with Crippen LogP contribution in [0.15, 0.2) is 0 Å². The molecule has 0 bridgehead atoms. The van der Waals surface area contributed by atoms with Crippen LogP contribution in [0.3, 0.4) is 0 Å². The maximum atomic E-state index is 9.88. The Morgan fingerprint density at radius 3 is 2.70 bits per heavy atom. The first-order valence-corrected chi connectivity index (χ1v) is 3.60. The van der Waals surface area contributed by atoms with Crippen molar-refractivity contribution in [2.24, 2.45) is 0 Å². The van der Waals surface area contributed by atoms with E-state index >= 15 is 0 Å². The zero-order chi connectivity index (χ0) is 7.56. The third-order valence-electron chi connectivity index (χ3n) is 1.02. The maximum absolute atomic E-state index is 9.88. The van der Waals surface area contributed by atoms with Crippen molar-refractivity contribution in [3.63, 3.8) is 0 Å². The van der Waals surface area contributed by atoms with E-state index in [9.17, 15) is 4.79 Å². The lowest BCUT2D eigenvalue weighted by atomic mass is 10.6. The van der Waals surface area contributed by atoms with E-state index in [2.05, 4.69) is 9.72 Å². The topological polar surface area (TPSA) is 39.2 Å². The van der Waals surface area contributed by atoms with Crippen LogP contribution in [0.25, 0.3) is 0 Å². The summed E-state index contributed by atoms with van der Waals surface area (Å²) in [7, 11) is 0. The van der Waals surface area contributed by atoms with Crippen LogP contribution in [0.1, 0.15) is 9.88 Å². The van der Waals surface area contributed by atoms with Crippen LogP contribution in [0, 0.1) is 13.8 Å². The number of hydrogen-bond donors (Lipinski definition) is 0. The highest BCUT2D eigenvalue weighted by Gasteiger charge is 2.03. The first-order chi connectivity index (χ1) is 4.74. The van der Waals surface area contributed by atoms with Gasteiger partial charge in [0.05, 0.1) is 9.88 Å². The van der Waals surface area contributed by atoms with Gasteiger partial charge in [-0.2, -0.15) is 0 Å². The quantitative estimate of drug-likeness (QED) is 0.607. The Labute approximate surface area is 62.7 Å². The number of nitrogens with zero attached hydrogens (tertiary/aromatic N) is 1. The van der Waals surface area contributed by atoms with Crippen LogP contribution < -0.4 is 4.74 Å². The molecule has 0 aromatic carbocycles. The summed E-state index contributed by atoms with van der Waals surface area (Å²) in [6, 6.07) is 0. The normalized spacial score (nSPS) is 9.40. The van der Waals surface area contributed by atoms with Crippen molar-refractivity contribution in [1.29, 1.82) is 0 Å². The van der Waals surface area contributed by atoms with E-state index in [-0.39, 0.29) is 0 Å². The van der Waals surface area contributed by atoms with Gasteiger partial charge in [-0.25, -0.2) is 4.98 Å². The fraction of sp³-hybridized carbons (Fsp3) is 0.333. The molecule has 0 aliphatic rings. The summed E-state index contributed by atoms with van der Waals surface area (Å²) in [6.45, 7) is 4.13. The van der Waals surface area contributed by atoms with E-state index in [4.69, 9.17) is 0 Å². The fourth-order valence-corrected chi connectivity index (χ4v) is 1.42. The van der Waals surface area contributed by atoms with Crippen molar-refractivity contribution in [2.75, 3.05) is 0 Å². The van der Waals surface area contributed by atoms with Crippen LogP contribution >= 0.6 is 11.3 Å². The molecule has 0 spiro atoms. The summed E-state index contributed by atoms with van der Waals surface area (Å²) in [5.74, 6) is 0.428. The largest absolute Gasteiger partial charge is 0.408 e. The minimum atomic E-state index is 0.390. The number of ether oxygens (including phenoxy) is 1. The molecular weight excluding hydrogens is 150 g/mol. The highest BCUT2D eigenvalue weighted by Crippen LogP contribution is 2.22. The molecule has 0 aliphatic heterocycles. The van der Waals surface area contributed by atoms with Crippen molar-refractivity contribution in [1.82, 2.24) is 4.98 Å². The number of carbonyl (C=O) groups excluding carboxylic acids is 1. The first kappa shape index (κ1) is 7.21. The molecule has 0 atom stereocenters. The van der Waals surface area contributed by atoms with Gasteiger partial charge in [0.1, 0.15) is 0 Å². The standard InChI is InChI=1S/C6H7NO2S/c1-4-6(9-3-8)7-5(2)10-4/h3H,1-2H3. The summed E-state index contributed by atoms with van der Waals surface area (Å²) < 4.78 is 4.58. The molecule has 0 saturated heterocycles. The van der Waals surface area contributed by atoms with Gasteiger partial charge in [0.2, 0.25) is 5.88 Å². The Balaban J connectivity index is 2.91. The first-order valence-electron chi connectivity index (χ1n) is 2.78. The summed E-state index contributed by atoms with van der Waals surface area (Å²) >= 11 is 1.51. The summed E-state index contributed by atoms with van der Waals surface area (Å²) in [5, 5.41) is 0.911. The Morgan fingerprint density at radius 2 is 2.30 bits per heavy atom. The number of aromatic nitrogens is 1. The van der Waals surface area contributed by atoms with Crippen molar-refractivity contribution >= 4 is 17.8 Å².